The first-order valence-electron chi connectivity index (χ1n) is 9.39. The number of hydrogen-bond donors (Lipinski definition) is 2. The van der Waals surface area contributed by atoms with Crippen LogP contribution in [0.5, 0.6) is 0 Å². The second kappa shape index (κ2) is 7.09. The summed E-state index contributed by atoms with van der Waals surface area (Å²) in [5, 5.41) is 5.83. The van der Waals surface area contributed by atoms with E-state index < -0.39 is 17.3 Å². The molecule has 2 aliphatic rings. The SMILES string of the molecule is O=C1Nc2ccccc2C2(CCN(C(=O)Cc3ccc(C(F)(F)F)cc3)CC2)N1. The van der Waals surface area contributed by atoms with Gasteiger partial charge in [0.05, 0.1) is 17.5 Å². The van der Waals surface area contributed by atoms with Crippen LogP contribution in [0.15, 0.2) is 48.5 Å². The molecule has 2 aromatic rings. The van der Waals surface area contributed by atoms with Crippen molar-refractivity contribution in [3.05, 3.63) is 65.2 Å². The lowest BCUT2D eigenvalue weighted by molar-refractivity contribution is -0.137. The maximum atomic E-state index is 12.7. The molecule has 4 rings (SSSR count). The summed E-state index contributed by atoms with van der Waals surface area (Å²) in [6.07, 6.45) is -3.18. The predicted molar refractivity (Wildman–Crippen MR) is 101 cm³/mol. The number of urea groups is 1. The molecule has 2 aromatic carbocycles. The summed E-state index contributed by atoms with van der Waals surface area (Å²) in [6, 6.07) is 12.0. The van der Waals surface area contributed by atoms with E-state index in [4.69, 9.17) is 0 Å². The summed E-state index contributed by atoms with van der Waals surface area (Å²) < 4.78 is 38.0. The minimum absolute atomic E-state index is 0.0512. The number of nitrogens with zero attached hydrogens (tertiary/aromatic N) is 1. The molecule has 5 nitrogen and oxygen atoms in total. The van der Waals surface area contributed by atoms with Crippen molar-refractivity contribution >= 4 is 17.6 Å². The average Bonchev–Trinajstić information content (AvgIpc) is 2.68. The molecular weight excluding hydrogens is 383 g/mol. The van der Waals surface area contributed by atoms with Crippen LogP contribution in [0.3, 0.4) is 0 Å². The molecule has 2 N–H and O–H groups in total. The molecule has 2 aliphatic heterocycles. The molecule has 0 saturated carbocycles. The van der Waals surface area contributed by atoms with Crippen molar-refractivity contribution < 1.29 is 22.8 Å². The van der Waals surface area contributed by atoms with Crippen molar-refractivity contribution in [3.8, 4) is 0 Å². The van der Waals surface area contributed by atoms with Crippen LogP contribution in [-0.4, -0.2) is 29.9 Å². The summed E-state index contributed by atoms with van der Waals surface area (Å²) in [4.78, 5) is 26.4. The molecule has 1 spiro atoms. The fraction of sp³-hybridized carbons (Fsp3) is 0.333. The Hall–Kier alpha value is -3.03. The van der Waals surface area contributed by atoms with Gasteiger partial charge in [0.15, 0.2) is 0 Å². The van der Waals surface area contributed by atoms with Crippen molar-refractivity contribution in [2.75, 3.05) is 18.4 Å². The Bertz CT molecular complexity index is 933. The number of carbonyl (C=O) groups excluding carboxylic acids is 2. The maximum absolute atomic E-state index is 12.7. The molecule has 1 fully saturated rings. The number of halogens is 3. The van der Waals surface area contributed by atoms with Crippen LogP contribution >= 0.6 is 0 Å². The van der Waals surface area contributed by atoms with Crippen LogP contribution in [0.25, 0.3) is 0 Å². The summed E-state index contributed by atoms with van der Waals surface area (Å²) >= 11 is 0. The topological polar surface area (TPSA) is 61.4 Å². The fourth-order valence-electron chi connectivity index (χ4n) is 4.08. The van der Waals surface area contributed by atoms with Gasteiger partial charge in [0, 0.05) is 24.3 Å². The van der Waals surface area contributed by atoms with Gasteiger partial charge < -0.3 is 15.5 Å². The molecule has 29 heavy (non-hydrogen) atoms. The van der Waals surface area contributed by atoms with Crippen LogP contribution in [0.2, 0.25) is 0 Å². The van der Waals surface area contributed by atoms with Crippen molar-refractivity contribution in [2.45, 2.75) is 31.0 Å². The van der Waals surface area contributed by atoms with E-state index in [1.807, 2.05) is 24.3 Å². The molecule has 8 heteroatoms. The van der Waals surface area contributed by atoms with Gasteiger partial charge in [0.2, 0.25) is 5.91 Å². The van der Waals surface area contributed by atoms with Gasteiger partial charge in [-0.05, 0) is 36.6 Å². The molecule has 152 valence electrons. The van der Waals surface area contributed by atoms with E-state index in [1.165, 1.54) is 12.1 Å². The molecule has 0 radical (unpaired) electrons. The number of benzene rings is 2. The van der Waals surface area contributed by atoms with Crippen molar-refractivity contribution in [2.24, 2.45) is 0 Å². The molecule has 0 atom stereocenters. The van der Waals surface area contributed by atoms with Gasteiger partial charge in [-0.25, -0.2) is 4.79 Å². The number of anilines is 1. The number of alkyl halides is 3. The maximum Gasteiger partial charge on any atom is 0.416 e. The number of hydrogen-bond acceptors (Lipinski definition) is 2. The zero-order valence-corrected chi connectivity index (χ0v) is 15.6. The van der Waals surface area contributed by atoms with Gasteiger partial charge in [-0.2, -0.15) is 13.2 Å². The van der Waals surface area contributed by atoms with Crippen molar-refractivity contribution in [1.29, 1.82) is 0 Å². The first kappa shape index (κ1) is 19.3. The first-order valence-corrected chi connectivity index (χ1v) is 9.39. The Morgan fingerprint density at radius 1 is 1.03 bits per heavy atom. The number of amides is 3. The molecule has 0 unspecified atom stereocenters. The standard InChI is InChI=1S/C21H20F3N3O2/c22-21(23,24)15-7-5-14(6-8-15)13-18(28)27-11-9-20(10-12-27)16-3-1-2-4-17(16)25-19(29)26-20/h1-8H,9-13H2,(H2,25,26,29). The number of fused-ring (bicyclic) bond motifs is 2. The van der Waals surface area contributed by atoms with E-state index >= 15 is 0 Å². The molecular formula is C21H20F3N3O2. The highest BCUT2D eigenvalue weighted by molar-refractivity contribution is 5.93. The Kier molecular flexibility index (Phi) is 4.72. The quantitative estimate of drug-likeness (QED) is 0.799. The minimum Gasteiger partial charge on any atom is -0.342 e. The van der Waals surface area contributed by atoms with Gasteiger partial charge in [-0.1, -0.05) is 30.3 Å². The molecule has 0 aromatic heterocycles. The number of carbonyl (C=O) groups is 2. The van der Waals surface area contributed by atoms with Crippen LogP contribution in [0, 0.1) is 0 Å². The fourth-order valence-corrected chi connectivity index (χ4v) is 4.08. The minimum atomic E-state index is -4.39. The van der Waals surface area contributed by atoms with Crippen LogP contribution in [0.1, 0.15) is 29.5 Å². The van der Waals surface area contributed by atoms with Crippen LogP contribution < -0.4 is 10.6 Å². The lowest BCUT2D eigenvalue weighted by atomic mass is 9.79. The lowest BCUT2D eigenvalue weighted by Crippen LogP contribution is -2.57. The van der Waals surface area contributed by atoms with Gasteiger partial charge in [0.1, 0.15) is 0 Å². The smallest absolute Gasteiger partial charge is 0.342 e. The summed E-state index contributed by atoms with van der Waals surface area (Å²) in [7, 11) is 0. The summed E-state index contributed by atoms with van der Waals surface area (Å²) in [6.45, 7) is 0.933. The monoisotopic (exact) mass is 403 g/mol. The lowest BCUT2D eigenvalue weighted by Gasteiger charge is -2.45. The third-order valence-corrected chi connectivity index (χ3v) is 5.65. The molecule has 3 amide bonds. The van der Waals surface area contributed by atoms with E-state index in [0.717, 1.165) is 23.4 Å². The summed E-state index contributed by atoms with van der Waals surface area (Å²) in [5.41, 5.74) is 1.09. The van der Waals surface area contributed by atoms with E-state index in [0.29, 0.717) is 31.5 Å². The van der Waals surface area contributed by atoms with E-state index in [9.17, 15) is 22.8 Å². The molecule has 0 aliphatic carbocycles. The normalized spacial score (nSPS) is 18.0. The van der Waals surface area contributed by atoms with E-state index in [1.54, 1.807) is 4.90 Å². The van der Waals surface area contributed by atoms with E-state index in [-0.39, 0.29) is 18.4 Å². The molecule has 2 heterocycles. The Morgan fingerprint density at radius 2 is 1.69 bits per heavy atom. The second-order valence-electron chi connectivity index (χ2n) is 7.46. The zero-order valence-electron chi connectivity index (χ0n) is 15.6. The number of para-hydroxylation sites is 1. The largest absolute Gasteiger partial charge is 0.416 e. The van der Waals surface area contributed by atoms with Crippen molar-refractivity contribution in [1.82, 2.24) is 10.2 Å². The highest BCUT2D eigenvalue weighted by atomic mass is 19.4. The van der Waals surface area contributed by atoms with Gasteiger partial charge in [-0.3, -0.25) is 4.79 Å². The second-order valence-corrected chi connectivity index (χ2v) is 7.46. The van der Waals surface area contributed by atoms with E-state index in [2.05, 4.69) is 10.6 Å². The summed E-state index contributed by atoms with van der Waals surface area (Å²) in [5.74, 6) is -0.131. The molecule has 0 bridgehead atoms. The predicted octanol–water partition coefficient (Wildman–Crippen LogP) is 3.90. The van der Waals surface area contributed by atoms with Gasteiger partial charge >= 0.3 is 12.2 Å². The average molecular weight is 403 g/mol. The third-order valence-electron chi connectivity index (χ3n) is 5.65. The van der Waals surface area contributed by atoms with Crippen LogP contribution in [-0.2, 0) is 22.9 Å². The highest BCUT2D eigenvalue weighted by Gasteiger charge is 2.42. The first-order chi connectivity index (χ1) is 13.8. The van der Waals surface area contributed by atoms with Gasteiger partial charge in [0.25, 0.3) is 0 Å². The number of nitrogens with one attached hydrogen (secondary N) is 2. The highest BCUT2D eigenvalue weighted by Crippen LogP contribution is 2.39. The van der Waals surface area contributed by atoms with Crippen molar-refractivity contribution in [3.63, 3.8) is 0 Å². The number of rotatable bonds is 2. The third kappa shape index (κ3) is 3.79. The van der Waals surface area contributed by atoms with Gasteiger partial charge in [-0.15, -0.1) is 0 Å². The Morgan fingerprint density at radius 3 is 2.34 bits per heavy atom. The molecule has 1 saturated heterocycles. The number of piperidine rings is 1. The Balaban J connectivity index is 1.42. The Labute approximate surface area is 165 Å². The van der Waals surface area contributed by atoms with Crippen LogP contribution in [0.4, 0.5) is 23.7 Å². The zero-order chi connectivity index (χ0) is 20.6. The number of likely N-dealkylation sites (tertiary alicyclic amines) is 1.